The number of nitrogens with zero attached hydrogens (tertiary/aromatic N) is 1. The van der Waals surface area contributed by atoms with Crippen LogP contribution in [0.15, 0.2) is 4.99 Å². The molecule has 0 amide bonds. The molecule has 0 saturated carbocycles. The first-order valence-corrected chi connectivity index (χ1v) is 23.4. The van der Waals surface area contributed by atoms with E-state index in [2.05, 4.69) is 70.5 Å². The number of isocyanates is 1. The monoisotopic (exact) mass is 437 g/mol. The van der Waals surface area contributed by atoms with Crippen LogP contribution in [0.5, 0.6) is 0 Å². The van der Waals surface area contributed by atoms with Crippen molar-refractivity contribution >= 4 is 49.4 Å². The van der Waals surface area contributed by atoms with E-state index in [0.717, 1.165) is 12.5 Å². The second kappa shape index (κ2) is 9.02. The smallest absolute Gasteiger partial charge is 0.314 e. The highest BCUT2D eigenvalue weighted by atomic mass is 28.5. The van der Waals surface area contributed by atoms with E-state index in [1.165, 1.54) is 0 Å². The first kappa shape index (κ1) is 25.3. The van der Waals surface area contributed by atoms with Crippen LogP contribution in [-0.4, -0.2) is 54.5 Å². The highest BCUT2D eigenvalue weighted by Gasteiger charge is 2.48. The second-order valence-electron chi connectivity index (χ2n) is 9.48. The lowest BCUT2D eigenvalue weighted by molar-refractivity contribution is 0.372. The molecule has 148 valence electrons. The van der Waals surface area contributed by atoms with Crippen molar-refractivity contribution in [2.75, 3.05) is 0 Å². The van der Waals surface area contributed by atoms with Gasteiger partial charge in [0.2, 0.25) is 14.4 Å². The molecule has 0 rings (SSSR count). The minimum absolute atomic E-state index is 0.488. The van der Waals surface area contributed by atoms with Gasteiger partial charge in [-0.15, -0.1) is 0 Å². The van der Waals surface area contributed by atoms with E-state index >= 15 is 0 Å². The van der Waals surface area contributed by atoms with Crippen molar-refractivity contribution in [1.82, 2.24) is 0 Å². The van der Waals surface area contributed by atoms with E-state index in [4.69, 9.17) is 12.3 Å². The number of carbonyl (C=O) groups excluding carboxylic acids is 1. The fourth-order valence-electron chi connectivity index (χ4n) is 3.00. The third-order valence-electron chi connectivity index (χ3n) is 4.20. The van der Waals surface area contributed by atoms with Crippen molar-refractivity contribution in [3.8, 4) is 0 Å². The first-order chi connectivity index (χ1) is 11.0. The number of aliphatic imine (C=N–C) groups is 1. The van der Waals surface area contributed by atoms with Crippen molar-refractivity contribution in [3.05, 3.63) is 0 Å². The van der Waals surface area contributed by atoms with Crippen LogP contribution >= 0.6 is 0 Å². The van der Waals surface area contributed by atoms with Gasteiger partial charge in [-0.2, -0.15) is 0 Å². The van der Waals surface area contributed by atoms with E-state index in [9.17, 15) is 4.79 Å². The molecular weight excluding hydrogens is 399 g/mol. The molecule has 0 heterocycles. The van der Waals surface area contributed by atoms with Crippen molar-refractivity contribution in [2.45, 2.75) is 90.0 Å². The Balaban J connectivity index is 5.57. The van der Waals surface area contributed by atoms with Gasteiger partial charge >= 0.3 is 8.56 Å². The van der Waals surface area contributed by atoms with Crippen LogP contribution < -0.4 is 0 Å². The van der Waals surface area contributed by atoms with Gasteiger partial charge in [-0.3, -0.25) is 0 Å². The Labute approximate surface area is 161 Å². The van der Waals surface area contributed by atoms with Crippen LogP contribution in [0.1, 0.15) is 13.3 Å². The average molecular weight is 438 g/mol. The van der Waals surface area contributed by atoms with Gasteiger partial charge in [0.25, 0.3) is 0 Å². The summed E-state index contributed by atoms with van der Waals surface area (Å²) in [6.45, 7) is 23.9. The fraction of sp³-hybridized carbons (Fsp3) is 0.933. The van der Waals surface area contributed by atoms with Crippen LogP contribution in [0.2, 0.25) is 71.5 Å². The molecule has 5 nitrogen and oxygen atoms in total. The molecule has 0 fully saturated rings. The fourth-order valence-corrected chi connectivity index (χ4v) is 21.1. The van der Waals surface area contributed by atoms with E-state index in [1.807, 2.05) is 6.92 Å². The molecular formula is C15H39NO4Si5. The van der Waals surface area contributed by atoms with Gasteiger partial charge < -0.3 is 12.3 Å². The zero-order valence-corrected chi connectivity index (χ0v) is 23.6. The van der Waals surface area contributed by atoms with E-state index < -0.39 is 48.4 Å². The standard InChI is InChI=1S/C15H39NO4Si5/c1-15(16-14-17,24(9,10)18-21-2)12-13-25(11,19-22(3,4)5)20-23(6,7)8/h12-13,21H2,1-11H3. The Morgan fingerprint density at radius 1 is 0.960 bits per heavy atom. The Morgan fingerprint density at radius 3 is 1.72 bits per heavy atom. The van der Waals surface area contributed by atoms with Gasteiger partial charge in [0.05, 0.1) is 5.16 Å². The molecule has 0 aromatic rings. The zero-order chi connectivity index (χ0) is 20.2. The molecule has 0 spiro atoms. The zero-order valence-electron chi connectivity index (χ0n) is 18.2. The maximum Gasteiger partial charge on any atom is 0.314 e. The van der Waals surface area contributed by atoms with Crippen LogP contribution in [0.25, 0.3) is 0 Å². The van der Waals surface area contributed by atoms with Crippen LogP contribution in [0.3, 0.4) is 0 Å². The highest BCUT2D eigenvalue weighted by Crippen LogP contribution is 2.35. The molecule has 1 unspecified atom stereocenters. The third kappa shape index (κ3) is 9.20. The lowest BCUT2D eigenvalue weighted by Gasteiger charge is -2.42. The molecule has 0 bridgehead atoms. The van der Waals surface area contributed by atoms with Crippen molar-refractivity contribution in [2.24, 2.45) is 4.99 Å². The molecule has 0 aromatic heterocycles. The van der Waals surface area contributed by atoms with Gasteiger partial charge in [-0.05, 0) is 78.3 Å². The third-order valence-corrected chi connectivity index (χ3v) is 20.7. The summed E-state index contributed by atoms with van der Waals surface area (Å²) < 4.78 is 19.3. The Kier molecular flexibility index (Phi) is 9.15. The lowest BCUT2D eigenvalue weighted by atomic mass is 10.2. The van der Waals surface area contributed by atoms with Crippen molar-refractivity contribution < 1.29 is 17.1 Å². The van der Waals surface area contributed by atoms with Crippen LogP contribution in [-0.2, 0) is 17.1 Å². The summed E-state index contributed by atoms with van der Waals surface area (Å²) in [5.74, 6) is 0. The van der Waals surface area contributed by atoms with Gasteiger partial charge in [-0.25, -0.2) is 9.79 Å². The minimum Gasteiger partial charge on any atom is -0.459 e. The Morgan fingerprint density at radius 2 is 1.40 bits per heavy atom. The van der Waals surface area contributed by atoms with E-state index in [-0.39, 0.29) is 0 Å². The molecule has 25 heavy (non-hydrogen) atoms. The predicted octanol–water partition coefficient (Wildman–Crippen LogP) is 4.14. The Bertz CT molecular complexity index is 467. The average Bonchev–Trinajstić information content (AvgIpc) is 2.32. The number of rotatable bonds is 11. The number of hydrogen-bond acceptors (Lipinski definition) is 5. The van der Waals surface area contributed by atoms with Crippen LogP contribution in [0.4, 0.5) is 0 Å². The summed E-state index contributed by atoms with van der Waals surface area (Å²) in [7, 11) is -8.50. The molecule has 0 N–H and O–H groups in total. The quantitative estimate of drug-likeness (QED) is 0.277. The van der Waals surface area contributed by atoms with Gasteiger partial charge in [0.15, 0.2) is 16.6 Å². The second-order valence-corrected chi connectivity index (χ2v) is 28.2. The molecule has 10 heteroatoms. The molecule has 0 radical (unpaired) electrons. The number of hydrogen-bond donors (Lipinski definition) is 0. The molecule has 0 aliphatic rings. The van der Waals surface area contributed by atoms with Crippen LogP contribution in [0, 0.1) is 0 Å². The van der Waals surface area contributed by atoms with Gasteiger partial charge in [0, 0.05) is 0 Å². The molecule has 0 aliphatic heterocycles. The predicted molar refractivity (Wildman–Crippen MR) is 119 cm³/mol. The lowest BCUT2D eigenvalue weighted by Crippen LogP contribution is -2.57. The normalized spacial score (nSPS) is 16.8. The summed E-state index contributed by atoms with van der Waals surface area (Å²) in [5.41, 5.74) is 0. The van der Waals surface area contributed by atoms with Crippen molar-refractivity contribution in [3.63, 3.8) is 0 Å². The Hall–Kier alpha value is 0.344. The van der Waals surface area contributed by atoms with Crippen molar-refractivity contribution in [1.29, 1.82) is 0 Å². The van der Waals surface area contributed by atoms with E-state index in [0.29, 0.717) is 0 Å². The summed E-state index contributed by atoms with van der Waals surface area (Å²) in [6, 6.07) is 0.828. The highest BCUT2D eigenvalue weighted by molar-refractivity contribution is 6.87. The topological polar surface area (TPSA) is 57.1 Å². The maximum atomic E-state index is 11.1. The molecule has 1 atom stereocenters. The summed E-state index contributed by atoms with van der Waals surface area (Å²) in [6.07, 6.45) is 2.56. The van der Waals surface area contributed by atoms with Gasteiger partial charge in [-0.1, -0.05) is 6.55 Å². The molecule has 0 saturated heterocycles. The molecule has 0 aliphatic carbocycles. The largest absolute Gasteiger partial charge is 0.459 e. The molecule has 0 aromatic carbocycles. The minimum atomic E-state index is -2.35. The summed E-state index contributed by atoms with van der Waals surface area (Å²) in [5, 5.41) is -0.488. The van der Waals surface area contributed by atoms with Gasteiger partial charge in [0.1, 0.15) is 9.76 Å². The first-order valence-electron chi connectivity index (χ1n) is 9.12. The van der Waals surface area contributed by atoms with E-state index in [1.54, 1.807) is 6.08 Å². The SMILES string of the molecule is C[SiH2]O[Si](C)(C)C(C)(CC[Si](C)(O[Si](C)(C)C)O[Si](C)(C)C)N=C=O. The maximum absolute atomic E-state index is 11.1. The summed E-state index contributed by atoms with van der Waals surface area (Å²) in [4.78, 5) is 15.3. The summed E-state index contributed by atoms with van der Waals surface area (Å²) >= 11 is 0.